The lowest BCUT2D eigenvalue weighted by molar-refractivity contribution is -0.384. The normalized spacial score (nSPS) is 10.7. The van der Waals surface area contributed by atoms with Crippen molar-refractivity contribution in [3.8, 4) is 5.75 Å². The lowest BCUT2D eigenvalue weighted by Crippen LogP contribution is -2.04. The smallest absolute Gasteiger partial charge is 0.269 e. The fourth-order valence-electron chi connectivity index (χ4n) is 1.93. The number of ketones is 1. The number of rotatable bonds is 8. The molecule has 0 heterocycles. The molecule has 2 aromatic carbocycles. The SMILES string of the molecule is COCCOc1ccc(C(=O)/C=C\c2ccc([N+](=O)[O-])cc2)cc1. The van der Waals surface area contributed by atoms with Crippen molar-refractivity contribution in [1.82, 2.24) is 0 Å². The minimum Gasteiger partial charge on any atom is -0.491 e. The summed E-state index contributed by atoms with van der Waals surface area (Å²) in [5.41, 5.74) is 1.27. The van der Waals surface area contributed by atoms with Gasteiger partial charge in [-0.05, 0) is 48.0 Å². The zero-order valence-corrected chi connectivity index (χ0v) is 13.2. The highest BCUT2D eigenvalue weighted by molar-refractivity contribution is 6.06. The van der Waals surface area contributed by atoms with Gasteiger partial charge in [0.25, 0.3) is 5.69 Å². The van der Waals surface area contributed by atoms with Gasteiger partial charge >= 0.3 is 0 Å². The first-order chi connectivity index (χ1) is 11.6. The number of nitro benzene ring substituents is 1. The number of methoxy groups -OCH3 is 1. The third kappa shape index (κ3) is 5.03. The first-order valence-electron chi connectivity index (χ1n) is 7.29. The van der Waals surface area contributed by atoms with Crippen LogP contribution in [0.3, 0.4) is 0 Å². The molecule has 0 N–H and O–H groups in total. The summed E-state index contributed by atoms with van der Waals surface area (Å²) in [6.07, 6.45) is 3.05. The maximum absolute atomic E-state index is 12.1. The van der Waals surface area contributed by atoms with Gasteiger partial charge in [0, 0.05) is 24.8 Å². The van der Waals surface area contributed by atoms with E-state index in [1.165, 1.54) is 18.2 Å². The number of benzene rings is 2. The molecular weight excluding hydrogens is 310 g/mol. The van der Waals surface area contributed by atoms with Gasteiger partial charge in [0.1, 0.15) is 12.4 Å². The molecule has 0 aromatic heterocycles. The molecule has 0 aliphatic rings. The maximum atomic E-state index is 12.1. The minimum atomic E-state index is -0.463. The van der Waals surface area contributed by atoms with E-state index in [1.54, 1.807) is 49.6 Å². The molecule has 24 heavy (non-hydrogen) atoms. The summed E-state index contributed by atoms with van der Waals surface area (Å²) in [6.45, 7) is 0.947. The molecule has 2 aromatic rings. The number of allylic oxidation sites excluding steroid dienone is 1. The predicted octanol–water partition coefficient (Wildman–Crippen LogP) is 3.52. The van der Waals surface area contributed by atoms with E-state index in [-0.39, 0.29) is 11.5 Å². The Morgan fingerprint density at radius 3 is 2.33 bits per heavy atom. The van der Waals surface area contributed by atoms with E-state index in [0.29, 0.717) is 30.1 Å². The lowest BCUT2D eigenvalue weighted by Gasteiger charge is -2.05. The Balaban J connectivity index is 1.97. The zero-order chi connectivity index (χ0) is 17.4. The topological polar surface area (TPSA) is 78.7 Å². The molecule has 124 valence electrons. The Morgan fingerprint density at radius 1 is 1.08 bits per heavy atom. The Hall–Kier alpha value is -2.99. The van der Waals surface area contributed by atoms with Crippen molar-refractivity contribution < 1.29 is 19.2 Å². The minimum absolute atomic E-state index is 0.0162. The quantitative estimate of drug-likeness (QED) is 0.244. The van der Waals surface area contributed by atoms with Crippen LogP contribution in [-0.2, 0) is 4.74 Å². The first-order valence-corrected chi connectivity index (χ1v) is 7.29. The number of hydrogen-bond donors (Lipinski definition) is 0. The number of ether oxygens (including phenoxy) is 2. The Bertz CT molecular complexity index is 720. The molecular formula is C18H17NO5. The standard InChI is InChI=1S/C18H17NO5/c1-23-12-13-24-17-9-5-15(6-10-17)18(20)11-4-14-2-7-16(8-3-14)19(21)22/h2-11H,12-13H2,1H3/b11-4-. The van der Waals surface area contributed by atoms with E-state index in [2.05, 4.69) is 0 Å². The molecule has 6 nitrogen and oxygen atoms in total. The fourth-order valence-corrected chi connectivity index (χ4v) is 1.93. The molecule has 0 fully saturated rings. The van der Waals surface area contributed by atoms with Gasteiger partial charge in [-0.15, -0.1) is 0 Å². The highest BCUT2D eigenvalue weighted by Gasteiger charge is 2.04. The molecule has 0 saturated heterocycles. The second kappa shape index (κ2) is 8.59. The Morgan fingerprint density at radius 2 is 1.75 bits per heavy atom. The van der Waals surface area contributed by atoms with Crippen LogP contribution in [0.2, 0.25) is 0 Å². The van der Waals surface area contributed by atoms with Gasteiger partial charge in [-0.1, -0.05) is 6.08 Å². The molecule has 0 atom stereocenters. The lowest BCUT2D eigenvalue weighted by atomic mass is 10.1. The summed E-state index contributed by atoms with van der Waals surface area (Å²) in [7, 11) is 1.60. The van der Waals surface area contributed by atoms with Gasteiger partial charge in [0.05, 0.1) is 11.5 Å². The molecule has 6 heteroatoms. The third-order valence-electron chi connectivity index (χ3n) is 3.23. The molecule has 0 unspecified atom stereocenters. The fraction of sp³-hybridized carbons (Fsp3) is 0.167. The highest BCUT2D eigenvalue weighted by Crippen LogP contribution is 2.15. The van der Waals surface area contributed by atoms with Crippen molar-refractivity contribution >= 4 is 17.5 Å². The van der Waals surface area contributed by atoms with Crippen molar-refractivity contribution in [3.63, 3.8) is 0 Å². The van der Waals surface area contributed by atoms with Crippen LogP contribution in [0.15, 0.2) is 54.6 Å². The van der Waals surface area contributed by atoms with E-state index in [1.807, 2.05) is 0 Å². The van der Waals surface area contributed by atoms with Crippen molar-refractivity contribution in [2.75, 3.05) is 20.3 Å². The van der Waals surface area contributed by atoms with E-state index in [0.717, 1.165) is 0 Å². The number of non-ortho nitro benzene ring substituents is 1. The van der Waals surface area contributed by atoms with Crippen molar-refractivity contribution in [3.05, 3.63) is 75.8 Å². The van der Waals surface area contributed by atoms with Crippen LogP contribution < -0.4 is 4.74 Å². The highest BCUT2D eigenvalue weighted by atomic mass is 16.6. The summed E-state index contributed by atoms with van der Waals surface area (Å²) >= 11 is 0. The van der Waals surface area contributed by atoms with Crippen molar-refractivity contribution in [1.29, 1.82) is 0 Å². The average molecular weight is 327 g/mol. The van der Waals surface area contributed by atoms with Gasteiger partial charge in [-0.3, -0.25) is 14.9 Å². The Kier molecular flexibility index (Phi) is 6.22. The van der Waals surface area contributed by atoms with Gasteiger partial charge in [-0.2, -0.15) is 0 Å². The number of hydrogen-bond acceptors (Lipinski definition) is 5. The largest absolute Gasteiger partial charge is 0.491 e. The van der Waals surface area contributed by atoms with Crippen LogP contribution in [0.4, 0.5) is 5.69 Å². The molecule has 0 aliphatic carbocycles. The monoisotopic (exact) mass is 327 g/mol. The summed E-state index contributed by atoms with van der Waals surface area (Å²) in [5, 5.41) is 10.6. The van der Waals surface area contributed by atoms with Crippen LogP contribution in [0, 0.1) is 10.1 Å². The number of carbonyl (C=O) groups excluding carboxylic acids is 1. The first kappa shape index (κ1) is 17.4. The maximum Gasteiger partial charge on any atom is 0.269 e. The van der Waals surface area contributed by atoms with Crippen LogP contribution >= 0.6 is 0 Å². The van der Waals surface area contributed by atoms with Crippen LogP contribution in [0.25, 0.3) is 6.08 Å². The molecule has 2 rings (SSSR count). The van der Waals surface area contributed by atoms with Crippen LogP contribution in [0.1, 0.15) is 15.9 Å². The van der Waals surface area contributed by atoms with Gasteiger partial charge in [-0.25, -0.2) is 0 Å². The van der Waals surface area contributed by atoms with Gasteiger partial charge in [0.2, 0.25) is 0 Å². The zero-order valence-electron chi connectivity index (χ0n) is 13.2. The van der Waals surface area contributed by atoms with Gasteiger partial charge < -0.3 is 9.47 Å². The third-order valence-corrected chi connectivity index (χ3v) is 3.23. The van der Waals surface area contributed by atoms with E-state index >= 15 is 0 Å². The van der Waals surface area contributed by atoms with E-state index in [9.17, 15) is 14.9 Å². The van der Waals surface area contributed by atoms with Gasteiger partial charge in [0.15, 0.2) is 5.78 Å². The Labute approximate surface area is 139 Å². The average Bonchev–Trinajstić information content (AvgIpc) is 2.61. The molecule has 0 bridgehead atoms. The van der Waals surface area contributed by atoms with E-state index < -0.39 is 4.92 Å². The number of carbonyl (C=O) groups is 1. The molecule has 0 spiro atoms. The summed E-state index contributed by atoms with van der Waals surface area (Å²) < 4.78 is 10.3. The second-order valence-electron chi connectivity index (χ2n) is 4.91. The molecule has 0 amide bonds. The molecule has 0 saturated carbocycles. The predicted molar refractivity (Wildman–Crippen MR) is 90.3 cm³/mol. The summed E-state index contributed by atoms with van der Waals surface area (Å²) in [6, 6.07) is 12.8. The molecule has 0 aliphatic heterocycles. The molecule has 0 radical (unpaired) electrons. The van der Waals surface area contributed by atoms with Crippen molar-refractivity contribution in [2.24, 2.45) is 0 Å². The summed E-state index contributed by atoms with van der Waals surface area (Å²) in [5.74, 6) is 0.514. The van der Waals surface area contributed by atoms with Crippen molar-refractivity contribution in [2.45, 2.75) is 0 Å². The number of nitro groups is 1. The summed E-state index contributed by atoms with van der Waals surface area (Å²) in [4.78, 5) is 22.2. The second-order valence-corrected chi connectivity index (χ2v) is 4.91. The van der Waals surface area contributed by atoms with E-state index in [4.69, 9.17) is 9.47 Å². The van der Waals surface area contributed by atoms with Crippen LogP contribution in [-0.4, -0.2) is 31.0 Å². The number of nitrogens with zero attached hydrogens (tertiary/aromatic N) is 1. The van der Waals surface area contributed by atoms with Crippen LogP contribution in [0.5, 0.6) is 5.75 Å².